The fraction of sp³-hybridized carbons (Fsp3) is 0.231. The highest BCUT2D eigenvalue weighted by Gasteiger charge is 2.27. The van der Waals surface area contributed by atoms with E-state index in [0.29, 0.717) is 30.1 Å². The van der Waals surface area contributed by atoms with Crippen LogP contribution in [0.15, 0.2) is 72.8 Å². The molecule has 1 aliphatic rings. The second-order valence-corrected chi connectivity index (χ2v) is 7.87. The Kier molecular flexibility index (Phi) is 6.40. The Labute approximate surface area is 188 Å². The van der Waals surface area contributed by atoms with Crippen molar-refractivity contribution in [3.8, 4) is 5.75 Å². The summed E-state index contributed by atoms with van der Waals surface area (Å²) in [6.45, 7) is 4.04. The number of hydrogen-bond acceptors (Lipinski definition) is 3. The minimum Gasteiger partial charge on any atom is -0.497 e. The van der Waals surface area contributed by atoms with E-state index in [2.05, 4.69) is 24.4 Å². The van der Waals surface area contributed by atoms with Crippen LogP contribution >= 0.6 is 0 Å². The molecule has 0 atom stereocenters. The molecule has 0 saturated carbocycles. The van der Waals surface area contributed by atoms with E-state index in [9.17, 15) is 9.59 Å². The number of carbonyl (C=O) groups excluding carboxylic acids is 2. The highest BCUT2D eigenvalue weighted by molar-refractivity contribution is 6.05. The number of hydrogen-bond donors (Lipinski definition) is 1. The van der Waals surface area contributed by atoms with E-state index >= 15 is 0 Å². The number of benzene rings is 3. The quantitative estimate of drug-likeness (QED) is 0.594. The molecule has 6 heteroatoms. The van der Waals surface area contributed by atoms with Gasteiger partial charge < -0.3 is 15.0 Å². The standard InChI is InChI=1S/C26H27N3O3/c1-19-8-3-4-9-21(19)18-28-14-7-15-29(26(28)31)23-12-6-11-22(17-23)27-25(30)20-10-5-13-24(16-20)32-2/h3-6,8-13,16-17H,7,14-15,18H2,1-2H3,(H,27,30). The molecule has 3 aromatic carbocycles. The first-order valence-electron chi connectivity index (χ1n) is 10.7. The van der Waals surface area contributed by atoms with Gasteiger partial charge in [-0.25, -0.2) is 4.79 Å². The Morgan fingerprint density at radius 3 is 2.62 bits per heavy atom. The zero-order chi connectivity index (χ0) is 22.5. The topological polar surface area (TPSA) is 61.9 Å². The van der Waals surface area contributed by atoms with Crippen molar-refractivity contribution in [3.63, 3.8) is 0 Å². The van der Waals surface area contributed by atoms with Crippen LogP contribution in [0.2, 0.25) is 0 Å². The Hall–Kier alpha value is -3.80. The molecular formula is C26H27N3O3. The summed E-state index contributed by atoms with van der Waals surface area (Å²) in [5, 5.41) is 2.92. The molecule has 1 heterocycles. The molecule has 32 heavy (non-hydrogen) atoms. The number of nitrogens with one attached hydrogen (secondary N) is 1. The third-order valence-corrected chi connectivity index (χ3v) is 5.68. The van der Waals surface area contributed by atoms with Gasteiger partial charge in [-0.2, -0.15) is 0 Å². The van der Waals surface area contributed by atoms with Crippen LogP contribution in [0.5, 0.6) is 5.75 Å². The van der Waals surface area contributed by atoms with Crippen molar-refractivity contribution >= 4 is 23.3 Å². The van der Waals surface area contributed by atoms with E-state index in [1.54, 1.807) is 36.3 Å². The molecule has 0 bridgehead atoms. The maximum atomic E-state index is 13.2. The number of anilines is 2. The van der Waals surface area contributed by atoms with Gasteiger partial charge in [-0.1, -0.05) is 36.4 Å². The average molecular weight is 430 g/mol. The molecule has 1 fully saturated rings. The molecule has 1 aliphatic heterocycles. The number of nitrogens with zero attached hydrogens (tertiary/aromatic N) is 2. The normalized spacial score (nSPS) is 13.8. The fourth-order valence-corrected chi connectivity index (χ4v) is 3.88. The van der Waals surface area contributed by atoms with Crippen LogP contribution in [0, 0.1) is 6.92 Å². The van der Waals surface area contributed by atoms with Gasteiger partial charge in [-0.15, -0.1) is 0 Å². The van der Waals surface area contributed by atoms with Crippen LogP contribution in [0.4, 0.5) is 16.2 Å². The molecule has 4 rings (SSSR count). The van der Waals surface area contributed by atoms with E-state index in [1.807, 2.05) is 41.3 Å². The summed E-state index contributed by atoms with van der Waals surface area (Å²) in [7, 11) is 1.57. The van der Waals surface area contributed by atoms with Crippen LogP contribution in [-0.2, 0) is 6.54 Å². The number of ether oxygens (including phenoxy) is 1. The Balaban J connectivity index is 1.49. The summed E-state index contributed by atoms with van der Waals surface area (Å²) >= 11 is 0. The molecular weight excluding hydrogens is 402 g/mol. The fourth-order valence-electron chi connectivity index (χ4n) is 3.88. The second kappa shape index (κ2) is 9.56. The van der Waals surface area contributed by atoms with Gasteiger partial charge in [-0.05, 0) is 60.9 Å². The van der Waals surface area contributed by atoms with E-state index < -0.39 is 0 Å². The molecule has 3 amide bonds. The van der Waals surface area contributed by atoms with Gasteiger partial charge in [0.2, 0.25) is 0 Å². The molecule has 6 nitrogen and oxygen atoms in total. The summed E-state index contributed by atoms with van der Waals surface area (Å²) < 4.78 is 5.20. The van der Waals surface area contributed by atoms with Gasteiger partial charge in [0.05, 0.1) is 7.11 Å². The van der Waals surface area contributed by atoms with E-state index in [-0.39, 0.29) is 11.9 Å². The minimum atomic E-state index is -0.229. The number of carbonyl (C=O) groups is 2. The molecule has 0 aliphatic carbocycles. The third kappa shape index (κ3) is 4.75. The second-order valence-electron chi connectivity index (χ2n) is 7.87. The van der Waals surface area contributed by atoms with Gasteiger partial charge >= 0.3 is 6.03 Å². The number of methoxy groups -OCH3 is 1. The van der Waals surface area contributed by atoms with Crippen molar-refractivity contribution in [2.24, 2.45) is 0 Å². The van der Waals surface area contributed by atoms with Crippen molar-refractivity contribution in [1.29, 1.82) is 0 Å². The lowest BCUT2D eigenvalue weighted by molar-refractivity contribution is 0.102. The zero-order valence-electron chi connectivity index (χ0n) is 18.4. The molecule has 0 radical (unpaired) electrons. The molecule has 164 valence electrons. The lowest BCUT2D eigenvalue weighted by atomic mass is 10.1. The van der Waals surface area contributed by atoms with E-state index in [0.717, 1.165) is 24.2 Å². The SMILES string of the molecule is COc1cccc(C(=O)Nc2cccc(N3CCCN(Cc4ccccc4C)C3=O)c2)c1. The number of aryl methyl sites for hydroxylation is 1. The smallest absolute Gasteiger partial charge is 0.324 e. The van der Waals surface area contributed by atoms with Gasteiger partial charge in [0.15, 0.2) is 0 Å². The highest BCUT2D eigenvalue weighted by atomic mass is 16.5. The first kappa shape index (κ1) is 21.4. The molecule has 1 saturated heterocycles. The lowest BCUT2D eigenvalue weighted by Gasteiger charge is -2.36. The van der Waals surface area contributed by atoms with Crippen LogP contribution in [0.1, 0.15) is 27.9 Å². The first-order valence-corrected chi connectivity index (χ1v) is 10.7. The maximum Gasteiger partial charge on any atom is 0.324 e. The number of rotatable bonds is 6. The van der Waals surface area contributed by atoms with Crippen LogP contribution in [0.3, 0.4) is 0 Å². The maximum absolute atomic E-state index is 13.2. The zero-order valence-corrected chi connectivity index (χ0v) is 18.4. The van der Waals surface area contributed by atoms with Crippen molar-refractivity contribution in [2.45, 2.75) is 19.9 Å². The van der Waals surface area contributed by atoms with Crippen LogP contribution < -0.4 is 15.0 Å². The summed E-state index contributed by atoms with van der Waals surface area (Å²) in [6, 6.07) is 22.5. The van der Waals surface area contributed by atoms with E-state index in [1.165, 1.54) is 5.56 Å². The monoisotopic (exact) mass is 429 g/mol. The Morgan fingerprint density at radius 2 is 1.81 bits per heavy atom. The lowest BCUT2D eigenvalue weighted by Crippen LogP contribution is -2.49. The summed E-state index contributed by atoms with van der Waals surface area (Å²) in [4.78, 5) is 29.5. The molecule has 0 unspecified atom stereocenters. The first-order chi connectivity index (χ1) is 15.5. The summed E-state index contributed by atoms with van der Waals surface area (Å²) in [5.41, 5.74) is 4.25. The van der Waals surface area contributed by atoms with Crippen LogP contribution in [0.25, 0.3) is 0 Å². The van der Waals surface area contributed by atoms with Gasteiger partial charge in [0.1, 0.15) is 5.75 Å². The predicted molar refractivity (Wildman–Crippen MR) is 126 cm³/mol. The third-order valence-electron chi connectivity index (χ3n) is 5.68. The predicted octanol–water partition coefficient (Wildman–Crippen LogP) is 5.09. The van der Waals surface area contributed by atoms with Crippen molar-refractivity contribution in [1.82, 2.24) is 4.90 Å². The van der Waals surface area contributed by atoms with Crippen LogP contribution in [-0.4, -0.2) is 37.0 Å². The van der Waals surface area contributed by atoms with Crippen molar-refractivity contribution in [2.75, 3.05) is 30.4 Å². The Morgan fingerprint density at radius 1 is 1.00 bits per heavy atom. The average Bonchev–Trinajstić information content (AvgIpc) is 2.82. The summed E-state index contributed by atoms with van der Waals surface area (Å²) in [6.07, 6.45) is 0.887. The Bertz CT molecular complexity index is 1130. The van der Waals surface area contributed by atoms with Gasteiger partial charge in [0.25, 0.3) is 5.91 Å². The van der Waals surface area contributed by atoms with E-state index in [4.69, 9.17) is 4.74 Å². The molecule has 0 spiro atoms. The molecule has 0 aromatic heterocycles. The molecule has 1 N–H and O–H groups in total. The van der Waals surface area contributed by atoms with Gasteiger partial charge in [-0.3, -0.25) is 9.69 Å². The van der Waals surface area contributed by atoms with Gasteiger partial charge in [0, 0.05) is 36.6 Å². The number of amides is 3. The van der Waals surface area contributed by atoms with Crippen molar-refractivity contribution in [3.05, 3.63) is 89.5 Å². The highest BCUT2D eigenvalue weighted by Crippen LogP contribution is 2.25. The minimum absolute atomic E-state index is 0.0178. The largest absolute Gasteiger partial charge is 0.497 e. The summed E-state index contributed by atoms with van der Waals surface area (Å²) in [5.74, 6) is 0.395. The molecule has 3 aromatic rings. The number of urea groups is 1. The van der Waals surface area contributed by atoms with Crippen molar-refractivity contribution < 1.29 is 14.3 Å².